The molecule has 1 saturated carbocycles. The zero-order valence-electron chi connectivity index (χ0n) is 12.4. The molecule has 4 rings (SSSR count). The number of rotatable bonds is 3. The minimum absolute atomic E-state index is 0.358. The van der Waals surface area contributed by atoms with Crippen LogP contribution in [0.1, 0.15) is 68.3 Å². The number of aromatic nitrogens is 2. The van der Waals surface area contributed by atoms with E-state index < -0.39 is 0 Å². The molecule has 0 radical (unpaired) electrons. The first-order chi connectivity index (χ1) is 10.3. The summed E-state index contributed by atoms with van der Waals surface area (Å²) in [6.07, 6.45) is 9.56. The van der Waals surface area contributed by atoms with Gasteiger partial charge in [-0.3, -0.25) is 0 Å². The largest absolute Gasteiger partial charge is 0.374 e. The Morgan fingerprint density at radius 2 is 1.95 bits per heavy atom. The summed E-state index contributed by atoms with van der Waals surface area (Å²) in [7, 11) is 1.96. The second-order valence-electron chi connectivity index (χ2n) is 6.58. The fraction of sp³-hybridized carbons (Fsp3) is 0.750. The number of halogens is 1. The molecule has 3 aliphatic rings. The van der Waals surface area contributed by atoms with E-state index in [0.29, 0.717) is 24.0 Å². The van der Waals surface area contributed by atoms with Gasteiger partial charge in [0.1, 0.15) is 11.6 Å². The second kappa shape index (κ2) is 5.65. The number of hydrogen-bond acceptors (Lipinski definition) is 4. The molecule has 0 spiro atoms. The molecule has 0 amide bonds. The van der Waals surface area contributed by atoms with Gasteiger partial charge in [-0.05, 0) is 54.7 Å². The quantitative estimate of drug-likeness (QED) is 0.786. The van der Waals surface area contributed by atoms with Crippen LogP contribution in [0.2, 0.25) is 0 Å². The van der Waals surface area contributed by atoms with Crippen molar-refractivity contribution in [3.8, 4) is 0 Å². The summed E-state index contributed by atoms with van der Waals surface area (Å²) in [5, 5.41) is 3.27. The molecular weight excluding hydrogens is 377 g/mol. The van der Waals surface area contributed by atoms with Crippen LogP contribution in [0.15, 0.2) is 0 Å². The maximum atomic E-state index is 6.01. The Morgan fingerprint density at radius 3 is 2.57 bits per heavy atom. The molecule has 3 atom stereocenters. The molecule has 1 aliphatic carbocycles. The van der Waals surface area contributed by atoms with Crippen LogP contribution >= 0.6 is 22.6 Å². The smallest absolute Gasteiger partial charge is 0.143 e. The topological polar surface area (TPSA) is 47.0 Å². The Labute approximate surface area is 139 Å². The molecule has 0 aromatic carbocycles. The van der Waals surface area contributed by atoms with Crippen molar-refractivity contribution in [2.24, 2.45) is 0 Å². The highest BCUT2D eigenvalue weighted by molar-refractivity contribution is 14.1. The Bertz CT molecular complexity index is 545. The van der Waals surface area contributed by atoms with Crippen LogP contribution in [0.5, 0.6) is 0 Å². The van der Waals surface area contributed by atoms with Crippen LogP contribution in [0.25, 0.3) is 0 Å². The number of anilines is 1. The van der Waals surface area contributed by atoms with Crippen molar-refractivity contribution < 1.29 is 4.74 Å². The van der Waals surface area contributed by atoms with Gasteiger partial charge >= 0.3 is 0 Å². The van der Waals surface area contributed by atoms with Gasteiger partial charge in [0.15, 0.2) is 0 Å². The van der Waals surface area contributed by atoms with Crippen molar-refractivity contribution in [2.75, 3.05) is 12.4 Å². The lowest BCUT2D eigenvalue weighted by molar-refractivity contribution is 0.0998. The van der Waals surface area contributed by atoms with Gasteiger partial charge in [0.05, 0.1) is 21.5 Å². The Morgan fingerprint density at radius 1 is 1.14 bits per heavy atom. The molecule has 3 fully saturated rings. The fourth-order valence-corrected chi connectivity index (χ4v) is 5.14. The van der Waals surface area contributed by atoms with Gasteiger partial charge in [-0.15, -0.1) is 0 Å². The van der Waals surface area contributed by atoms with E-state index in [1.807, 2.05) is 7.05 Å². The van der Waals surface area contributed by atoms with E-state index in [0.717, 1.165) is 18.1 Å². The summed E-state index contributed by atoms with van der Waals surface area (Å²) in [4.78, 5) is 9.84. The zero-order chi connectivity index (χ0) is 14.4. The van der Waals surface area contributed by atoms with Crippen molar-refractivity contribution in [3.05, 3.63) is 15.1 Å². The first kappa shape index (κ1) is 14.2. The van der Waals surface area contributed by atoms with Crippen molar-refractivity contribution in [1.29, 1.82) is 0 Å². The zero-order valence-corrected chi connectivity index (χ0v) is 14.6. The molecule has 3 heterocycles. The molecule has 1 aromatic rings. The highest BCUT2D eigenvalue weighted by Crippen LogP contribution is 2.45. The summed E-state index contributed by atoms with van der Waals surface area (Å²) in [6, 6.07) is 0. The van der Waals surface area contributed by atoms with E-state index in [1.54, 1.807) is 0 Å². The molecule has 21 heavy (non-hydrogen) atoms. The number of nitrogens with one attached hydrogen (secondary N) is 1. The summed E-state index contributed by atoms with van der Waals surface area (Å²) in [6.45, 7) is 0. The number of nitrogens with zero attached hydrogens (tertiary/aromatic N) is 2. The standard InChI is InChI=1S/C16H22IN3O/c1-18-16-13(17)14(9-4-2-3-5-9)19-15(20-16)11-8-10-6-7-12(11)21-10/h9-12H,2-8H2,1H3,(H,18,19,20). The second-order valence-corrected chi connectivity index (χ2v) is 7.66. The third kappa shape index (κ3) is 2.46. The summed E-state index contributed by atoms with van der Waals surface area (Å²) in [5.41, 5.74) is 1.28. The van der Waals surface area contributed by atoms with E-state index in [2.05, 4.69) is 27.9 Å². The molecule has 4 nitrogen and oxygen atoms in total. The molecule has 114 valence electrons. The summed E-state index contributed by atoms with van der Waals surface area (Å²) in [5.74, 6) is 3.07. The average Bonchev–Trinajstić information content (AvgIpc) is 3.24. The molecule has 3 unspecified atom stereocenters. The van der Waals surface area contributed by atoms with E-state index in [4.69, 9.17) is 14.7 Å². The predicted molar refractivity (Wildman–Crippen MR) is 90.8 cm³/mol. The van der Waals surface area contributed by atoms with Crippen molar-refractivity contribution in [1.82, 2.24) is 9.97 Å². The fourth-order valence-electron chi connectivity index (χ4n) is 4.19. The summed E-state index contributed by atoms with van der Waals surface area (Å²) < 4.78 is 7.22. The minimum atomic E-state index is 0.358. The minimum Gasteiger partial charge on any atom is -0.374 e. The average molecular weight is 399 g/mol. The van der Waals surface area contributed by atoms with Gasteiger partial charge in [-0.1, -0.05) is 12.8 Å². The highest BCUT2D eigenvalue weighted by Gasteiger charge is 2.43. The van der Waals surface area contributed by atoms with E-state index in [-0.39, 0.29) is 0 Å². The van der Waals surface area contributed by atoms with Crippen LogP contribution in [0.4, 0.5) is 5.82 Å². The van der Waals surface area contributed by atoms with Gasteiger partial charge in [0.25, 0.3) is 0 Å². The van der Waals surface area contributed by atoms with Crippen LogP contribution < -0.4 is 5.32 Å². The predicted octanol–water partition coefficient (Wildman–Crippen LogP) is 3.82. The molecule has 1 aromatic heterocycles. The number of fused-ring (bicyclic) bond motifs is 2. The van der Waals surface area contributed by atoms with E-state index in [1.165, 1.54) is 47.8 Å². The van der Waals surface area contributed by atoms with Gasteiger partial charge < -0.3 is 10.1 Å². The SMILES string of the molecule is CNc1nc(C2CC3CCC2O3)nc(C2CCCC2)c1I. The van der Waals surface area contributed by atoms with Crippen LogP contribution in [-0.4, -0.2) is 29.2 Å². The van der Waals surface area contributed by atoms with Gasteiger partial charge in [-0.25, -0.2) is 9.97 Å². The Kier molecular flexibility index (Phi) is 3.81. The monoisotopic (exact) mass is 399 g/mol. The maximum absolute atomic E-state index is 6.01. The first-order valence-corrected chi connectivity index (χ1v) is 9.24. The lowest BCUT2D eigenvalue weighted by Gasteiger charge is -2.21. The highest BCUT2D eigenvalue weighted by atomic mass is 127. The molecule has 2 bridgehead atoms. The third-order valence-corrected chi connectivity index (χ3v) is 6.37. The normalized spacial score (nSPS) is 32.0. The molecule has 5 heteroatoms. The van der Waals surface area contributed by atoms with Crippen molar-refractivity contribution in [2.45, 2.75) is 69.0 Å². The van der Waals surface area contributed by atoms with E-state index >= 15 is 0 Å². The number of ether oxygens (including phenoxy) is 1. The van der Waals surface area contributed by atoms with Crippen molar-refractivity contribution in [3.63, 3.8) is 0 Å². The van der Waals surface area contributed by atoms with Crippen LogP contribution in [-0.2, 0) is 4.74 Å². The van der Waals surface area contributed by atoms with Gasteiger partial charge in [0.2, 0.25) is 0 Å². The number of hydrogen-bond donors (Lipinski definition) is 1. The van der Waals surface area contributed by atoms with Crippen LogP contribution in [0, 0.1) is 3.57 Å². The first-order valence-electron chi connectivity index (χ1n) is 8.16. The van der Waals surface area contributed by atoms with Crippen LogP contribution in [0.3, 0.4) is 0 Å². The summed E-state index contributed by atoms with van der Waals surface area (Å²) >= 11 is 2.42. The lowest BCUT2D eigenvalue weighted by atomic mass is 9.88. The molecule has 1 N–H and O–H groups in total. The lowest BCUT2D eigenvalue weighted by Crippen LogP contribution is -2.20. The molecule has 2 saturated heterocycles. The third-order valence-electron chi connectivity index (χ3n) is 5.31. The molecule has 2 aliphatic heterocycles. The van der Waals surface area contributed by atoms with Crippen molar-refractivity contribution >= 4 is 28.4 Å². The Balaban J connectivity index is 1.71. The van der Waals surface area contributed by atoms with E-state index in [9.17, 15) is 0 Å². The van der Waals surface area contributed by atoms with Gasteiger partial charge in [0, 0.05) is 18.9 Å². The maximum Gasteiger partial charge on any atom is 0.143 e. The molecular formula is C16H22IN3O. The Hall–Kier alpha value is -0.430. The van der Waals surface area contributed by atoms with Gasteiger partial charge in [-0.2, -0.15) is 0 Å².